The van der Waals surface area contributed by atoms with Crippen LogP contribution in [-0.2, 0) is 4.74 Å². The zero-order valence-corrected chi connectivity index (χ0v) is 23.2. The van der Waals surface area contributed by atoms with Crippen LogP contribution in [0, 0.1) is 0 Å². The third-order valence-corrected chi connectivity index (χ3v) is 8.33. The number of carbonyl (C=O) groups excluding carboxylic acids is 2. The summed E-state index contributed by atoms with van der Waals surface area (Å²) in [5, 5.41) is 13.3. The predicted octanol–water partition coefficient (Wildman–Crippen LogP) is 4.25. The first-order valence-electron chi connectivity index (χ1n) is 14.0. The smallest absolute Gasteiger partial charge is 0.415 e. The Labute approximate surface area is 237 Å². The first-order chi connectivity index (χ1) is 19.7. The minimum absolute atomic E-state index is 0.0630. The van der Waals surface area contributed by atoms with Gasteiger partial charge in [0.05, 0.1) is 18.4 Å². The van der Waals surface area contributed by atoms with E-state index in [0.717, 1.165) is 31.1 Å². The molecule has 3 aromatic rings. The van der Waals surface area contributed by atoms with E-state index in [4.69, 9.17) is 9.72 Å². The van der Waals surface area contributed by atoms with Crippen LogP contribution in [0.15, 0.2) is 30.6 Å². The van der Waals surface area contributed by atoms with Crippen molar-refractivity contribution in [1.29, 1.82) is 0 Å². The van der Waals surface area contributed by atoms with E-state index in [0.29, 0.717) is 67.7 Å². The van der Waals surface area contributed by atoms with Crippen LogP contribution < -0.4 is 10.2 Å². The first-order valence-corrected chi connectivity index (χ1v) is 14.0. The van der Waals surface area contributed by atoms with Crippen molar-refractivity contribution in [3.8, 4) is 0 Å². The number of amides is 3. The SMILES string of the molecule is CN(C)C(=O)c1cc2cnc(Nc3ccc(N4C[C@@]5(CCCN(C(=O)O)CC5)OC4=O)cn3)nc2n1C1CCCC1. The largest absolute Gasteiger partial charge is 0.465 e. The Balaban J connectivity index is 1.20. The van der Waals surface area contributed by atoms with Gasteiger partial charge in [-0.25, -0.2) is 19.6 Å². The highest BCUT2D eigenvalue weighted by atomic mass is 16.6. The van der Waals surface area contributed by atoms with Crippen molar-refractivity contribution in [3.05, 3.63) is 36.3 Å². The molecule has 2 N–H and O–H groups in total. The first kappa shape index (κ1) is 26.8. The van der Waals surface area contributed by atoms with Crippen LogP contribution >= 0.6 is 0 Å². The number of pyridine rings is 1. The second kappa shape index (κ2) is 10.5. The molecule has 3 amide bonds. The van der Waals surface area contributed by atoms with E-state index in [1.54, 1.807) is 48.4 Å². The molecule has 3 aromatic heterocycles. The van der Waals surface area contributed by atoms with Gasteiger partial charge in [-0.1, -0.05) is 12.8 Å². The van der Waals surface area contributed by atoms with E-state index < -0.39 is 17.8 Å². The summed E-state index contributed by atoms with van der Waals surface area (Å²) < 4.78 is 7.85. The van der Waals surface area contributed by atoms with Crippen LogP contribution in [-0.4, -0.2) is 91.8 Å². The molecule has 1 saturated carbocycles. The van der Waals surface area contributed by atoms with Gasteiger partial charge >= 0.3 is 12.2 Å². The summed E-state index contributed by atoms with van der Waals surface area (Å²) in [6, 6.07) is 5.61. The molecule has 216 valence electrons. The monoisotopic (exact) mass is 562 g/mol. The molecule has 0 bridgehead atoms. The lowest BCUT2D eigenvalue weighted by atomic mass is 9.95. The average molecular weight is 563 g/mol. The van der Waals surface area contributed by atoms with E-state index >= 15 is 0 Å². The van der Waals surface area contributed by atoms with Gasteiger partial charge < -0.3 is 29.5 Å². The van der Waals surface area contributed by atoms with Crippen LogP contribution in [0.3, 0.4) is 0 Å². The standard InChI is InChI=1S/C28H34N8O5/c1-33(2)24(37)21-14-18-15-30-25(32-23(18)36(21)19-6-3-4-7-19)31-22-9-8-20(16-29-22)35-17-28(41-27(35)40)10-5-12-34(13-11-28)26(38)39/h8-9,14-16,19H,3-7,10-13,17H2,1-2H3,(H,38,39)(H,29,30,31,32)/t28-/m0/s1. The highest BCUT2D eigenvalue weighted by molar-refractivity contribution is 5.98. The number of carboxylic acid groups (broad SMARTS) is 1. The predicted molar refractivity (Wildman–Crippen MR) is 151 cm³/mol. The van der Waals surface area contributed by atoms with Gasteiger partial charge in [-0.2, -0.15) is 4.98 Å². The highest BCUT2D eigenvalue weighted by Gasteiger charge is 2.46. The Morgan fingerprint density at radius 2 is 1.90 bits per heavy atom. The van der Waals surface area contributed by atoms with Crippen LogP contribution in [0.25, 0.3) is 11.0 Å². The van der Waals surface area contributed by atoms with E-state index in [2.05, 4.69) is 19.9 Å². The topological polar surface area (TPSA) is 146 Å². The number of anilines is 3. The fourth-order valence-electron chi connectivity index (χ4n) is 6.17. The Morgan fingerprint density at radius 3 is 2.61 bits per heavy atom. The number of ether oxygens (including phenoxy) is 1. The number of aromatic nitrogens is 4. The average Bonchev–Trinajstić information content (AvgIpc) is 3.64. The number of hydrogen-bond acceptors (Lipinski definition) is 8. The summed E-state index contributed by atoms with van der Waals surface area (Å²) in [5.41, 5.74) is 1.22. The second-order valence-electron chi connectivity index (χ2n) is 11.3. The molecule has 2 aliphatic heterocycles. The van der Waals surface area contributed by atoms with Crippen LogP contribution in [0.5, 0.6) is 0 Å². The quantitative estimate of drug-likeness (QED) is 0.466. The van der Waals surface area contributed by atoms with Crippen molar-refractivity contribution in [2.24, 2.45) is 0 Å². The molecular formula is C28H34N8O5. The van der Waals surface area contributed by atoms with Crippen molar-refractivity contribution in [1.82, 2.24) is 29.3 Å². The molecule has 6 rings (SSSR count). The molecule has 13 heteroatoms. The van der Waals surface area contributed by atoms with Gasteiger partial charge in [-0.15, -0.1) is 0 Å². The number of likely N-dealkylation sites (tertiary alicyclic amines) is 1. The number of fused-ring (bicyclic) bond motifs is 1. The summed E-state index contributed by atoms with van der Waals surface area (Å²) in [7, 11) is 3.50. The zero-order valence-electron chi connectivity index (χ0n) is 23.2. The van der Waals surface area contributed by atoms with Crippen LogP contribution in [0.4, 0.5) is 27.0 Å². The summed E-state index contributed by atoms with van der Waals surface area (Å²) in [4.78, 5) is 55.3. The van der Waals surface area contributed by atoms with Crippen molar-refractivity contribution in [2.45, 2.75) is 56.6 Å². The third kappa shape index (κ3) is 5.11. The lowest BCUT2D eigenvalue weighted by Crippen LogP contribution is -2.37. The maximum Gasteiger partial charge on any atom is 0.415 e. The molecule has 1 spiro atoms. The third-order valence-electron chi connectivity index (χ3n) is 8.33. The van der Waals surface area contributed by atoms with Gasteiger partial charge in [0.15, 0.2) is 0 Å². The van der Waals surface area contributed by atoms with E-state index in [1.807, 2.05) is 6.07 Å². The minimum atomic E-state index is -0.951. The normalized spacial score (nSPS) is 21.4. The number of nitrogens with zero attached hydrogens (tertiary/aromatic N) is 7. The van der Waals surface area contributed by atoms with E-state index in [9.17, 15) is 19.5 Å². The lowest BCUT2D eigenvalue weighted by molar-refractivity contribution is 0.0447. The fourth-order valence-corrected chi connectivity index (χ4v) is 6.17. The molecule has 0 radical (unpaired) electrons. The van der Waals surface area contributed by atoms with Crippen molar-refractivity contribution in [2.75, 3.05) is 43.9 Å². The number of hydrogen-bond donors (Lipinski definition) is 2. The van der Waals surface area contributed by atoms with Crippen molar-refractivity contribution < 1.29 is 24.2 Å². The molecule has 41 heavy (non-hydrogen) atoms. The molecule has 1 aliphatic carbocycles. The molecule has 3 aliphatic rings. The van der Waals surface area contributed by atoms with E-state index in [-0.39, 0.29) is 11.9 Å². The molecule has 3 fully saturated rings. The van der Waals surface area contributed by atoms with Crippen LogP contribution in [0.1, 0.15) is 61.5 Å². The fraction of sp³-hybridized carbons (Fsp3) is 0.500. The van der Waals surface area contributed by atoms with E-state index in [1.165, 1.54) is 4.90 Å². The molecular weight excluding hydrogens is 528 g/mol. The maximum absolute atomic E-state index is 13.0. The zero-order chi connectivity index (χ0) is 28.7. The second-order valence-corrected chi connectivity index (χ2v) is 11.3. The molecule has 1 atom stereocenters. The molecule has 13 nitrogen and oxygen atoms in total. The lowest BCUT2D eigenvalue weighted by Gasteiger charge is -2.25. The number of rotatable bonds is 5. The highest BCUT2D eigenvalue weighted by Crippen LogP contribution is 2.37. The molecule has 2 saturated heterocycles. The van der Waals surface area contributed by atoms with Crippen molar-refractivity contribution >= 4 is 46.6 Å². The molecule has 0 unspecified atom stereocenters. The maximum atomic E-state index is 13.0. The number of nitrogens with one attached hydrogen (secondary N) is 1. The van der Waals surface area contributed by atoms with Gasteiger partial charge in [0.25, 0.3) is 5.91 Å². The Hall–Kier alpha value is -4.42. The van der Waals surface area contributed by atoms with Gasteiger partial charge in [-0.3, -0.25) is 9.69 Å². The summed E-state index contributed by atoms with van der Waals surface area (Å²) >= 11 is 0. The van der Waals surface area contributed by atoms with Crippen LogP contribution in [0.2, 0.25) is 0 Å². The van der Waals surface area contributed by atoms with Gasteiger partial charge in [0, 0.05) is 51.2 Å². The molecule has 5 heterocycles. The summed E-state index contributed by atoms with van der Waals surface area (Å²) in [6.45, 7) is 1.11. The Bertz CT molecular complexity index is 1480. The Morgan fingerprint density at radius 1 is 1.10 bits per heavy atom. The number of carbonyl (C=O) groups is 3. The minimum Gasteiger partial charge on any atom is -0.465 e. The summed E-state index contributed by atoms with van der Waals surface area (Å²) in [5.74, 6) is 0.803. The molecule has 0 aromatic carbocycles. The van der Waals surface area contributed by atoms with Crippen molar-refractivity contribution in [3.63, 3.8) is 0 Å². The van der Waals surface area contributed by atoms with Gasteiger partial charge in [-0.05, 0) is 43.9 Å². The summed E-state index contributed by atoms with van der Waals surface area (Å²) in [6.07, 6.45) is 7.86. The van der Waals surface area contributed by atoms with Gasteiger partial charge in [0.2, 0.25) is 5.95 Å². The Kier molecular flexibility index (Phi) is 6.88. The van der Waals surface area contributed by atoms with Gasteiger partial charge in [0.1, 0.15) is 22.8 Å².